The van der Waals surface area contributed by atoms with Crippen LogP contribution in [0.15, 0.2) is 36.4 Å². The highest BCUT2D eigenvalue weighted by atomic mass is 15.2. The molecule has 1 aromatic heterocycles. The molecule has 2 aromatic rings. The molecule has 0 unspecified atom stereocenters. The fourth-order valence-corrected chi connectivity index (χ4v) is 2.20. The summed E-state index contributed by atoms with van der Waals surface area (Å²) in [4.78, 5) is 6.50. The van der Waals surface area contributed by atoms with E-state index in [-0.39, 0.29) is 0 Å². The van der Waals surface area contributed by atoms with Gasteiger partial charge in [0.25, 0.3) is 0 Å². The zero-order chi connectivity index (χ0) is 11.8. The Kier molecular flexibility index (Phi) is 2.14. The van der Waals surface area contributed by atoms with Crippen molar-refractivity contribution in [3.05, 3.63) is 42.0 Å². The topological polar surface area (TPSA) is 68.2 Å². The van der Waals surface area contributed by atoms with E-state index in [4.69, 9.17) is 11.5 Å². The number of nitrogens with two attached hydrogens (primary N) is 2. The van der Waals surface area contributed by atoms with Crippen LogP contribution in [0.2, 0.25) is 0 Å². The number of nitrogens with zero attached hydrogens (tertiary/aromatic N) is 2. The maximum Gasteiger partial charge on any atom is 0.149 e. The summed E-state index contributed by atoms with van der Waals surface area (Å²) in [6.07, 6.45) is 1.04. The largest absolute Gasteiger partial charge is 0.396 e. The standard InChI is InChI=1S/C13H14N4/c14-10-5-6-12(16-13(10)15)17-8-7-9-3-1-2-4-11(9)17/h1-6H,7-8,14H2,(H2,15,16). The summed E-state index contributed by atoms with van der Waals surface area (Å²) < 4.78 is 0. The third-order valence-corrected chi connectivity index (χ3v) is 3.11. The van der Waals surface area contributed by atoms with Crippen LogP contribution in [0, 0.1) is 0 Å². The van der Waals surface area contributed by atoms with Crippen molar-refractivity contribution < 1.29 is 0 Å². The lowest BCUT2D eigenvalue weighted by Crippen LogP contribution is -2.15. The maximum absolute atomic E-state index is 5.75. The smallest absolute Gasteiger partial charge is 0.149 e. The molecule has 1 aliphatic rings. The van der Waals surface area contributed by atoms with Gasteiger partial charge in [0, 0.05) is 12.2 Å². The van der Waals surface area contributed by atoms with Crippen LogP contribution in [-0.4, -0.2) is 11.5 Å². The van der Waals surface area contributed by atoms with Gasteiger partial charge in [-0.05, 0) is 30.2 Å². The van der Waals surface area contributed by atoms with Crippen LogP contribution >= 0.6 is 0 Å². The Hall–Kier alpha value is -2.23. The molecule has 0 aliphatic carbocycles. The zero-order valence-electron chi connectivity index (χ0n) is 9.43. The average molecular weight is 226 g/mol. The van der Waals surface area contributed by atoms with E-state index in [1.54, 1.807) is 6.07 Å². The molecule has 0 spiro atoms. The molecule has 4 heteroatoms. The second kappa shape index (κ2) is 3.66. The summed E-state index contributed by atoms with van der Waals surface area (Å²) in [5, 5.41) is 0. The third-order valence-electron chi connectivity index (χ3n) is 3.11. The average Bonchev–Trinajstić information content (AvgIpc) is 2.76. The number of anilines is 4. The van der Waals surface area contributed by atoms with Gasteiger partial charge in [0.1, 0.15) is 11.6 Å². The molecule has 1 aromatic carbocycles. The molecular formula is C13H14N4. The second-order valence-corrected chi connectivity index (χ2v) is 4.17. The van der Waals surface area contributed by atoms with E-state index < -0.39 is 0 Å². The Morgan fingerprint density at radius 3 is 2.71 bits per heavy atom. The van der Waals surface area contributed by atoms with Crippen LogP contribution in [0.25, 0.3) is 0 Å². The number of hydrogen-bond acceptors (Lipinski definition) is 4. The molecule has 86 valence electrons. The van der Waals surface area contributed by atoms with Gasteiger partial charge in [0.05, 0.1) is 5.69 Å². The van der Waals surface area contributed by atoms with Crippen LogP contribution < -0.4 is 16.4 Å². The van der Waals surface area contributed by atoms with Crippen molar-refractivity contribution in [2.24, 2.45) is 0 Å². The SMILES string of the molecule is Nc1ccc(N2CCc3ccccc32)nc1N. The molecule has 2 heterocycles. The van der Waals surface area contributed by atoms with Gasteiger partial charge < -0.3 is 16.4 Å². The zero-order valence-corrected chi connectivity index (χ0v) is 9.43. The van der Waals surface area contributed by atoms with E-state index in [0.717, 1.165) is 18.8 Å². The molecule has 1 aliphatic heterocycles. The minimum Gasteiger partial charge on any atom is -0.396 e. The van der Waals surface area contributed by atoms with Crippen LogP contribution in [0.4, 0.5) is 23.0 Å². The molecular weight excluding hydrogens is 212 g/mol. The molecule has 0 amide bonds. The summed E-state index contributed by atoms with van der Waals surface area (Å²) in [6, 6.07) is 12.1. The summed E-state index contributed by atoms with van der Waals surface area (Å²) in [5.74, 6) is 1.26. The van der Waals surface area contributed by atoms with Crippen molar-refractivity contribution in [3.63, 3.8) is 0 Å². The Labute approximate surface area is 99.9 Å². The molecule has 0 saturated carbocycles. The van der Waals surface area contributed by atoms with E-state index in [2.05, 4.69) is 28.1 Å². The Bertz CT molecular complexity index is 565. The number of aromatic nitrogens is 1. The molecule has 4 nitrogen and oxygen atoms in total. The van der Waals surface area contributed by atoms with Crippen LogP contribution in [0.1, 0.15) is 5.56 Å². The van der Waals surface area contributed by atoms with Gasteiger partial charge >= 0.3 is 0 Å². The first-order valence-corrected chi connectivity index (χ1v) is 5.63. The van der Waals surface area contributed by atoms with Crippen molar-refractivity contribution >= 4 is 23.0 Å². The number of rotatable bonds is 1. The van der Waals surface area contributed by atoms with Gasteiger partial charge in [0.15, 0.2) is 0 Å². The van der Waals surface area contributed by atoms with Gasteiger partial charge in [-0.25, -0.2) is 4.98 Å². The molecule has 4 N–H and O–H groups in total. The quantitative estimate of drug-likeness (QED) is 0.779. The van der Waals surface area contributed by atoms with Crippen molar-refractivity contribution in [2.45, 2.75) is 6.42 Å². The Balaban J connectivity index is 2.04. The van der Waals surface area contributed by atoms with Crippen molar-refractivity contribution in [1.29, 1.82) is 0 Å². The van der Waals surface area contributed by atoms with E-state index in [1.165, 1.54) is 11.3 Å². The Morgan fingerprint density at radius 2 is 1.88 bits per heavy atom. The van der Waals surface area contributed by atoms with Crippen LogP contribution in [0.3, 0.4) is 0 Å². The first-order valence-electron chi connectivity index (χ1n) is 5.63. The maximum atomic E-state index is 5.75. The fraction of sp³-hybridized carbons (Fsp3) is 0.154. The highest BCUT2D eigenvalue weighted by Gasteiger charge is 2.20. The van der Waals surface area contributed by atoms with Crippen molar-refractivity contribution in [1.82, 2.24) is 4.98 Å². The lowest BCUT2D eigenvalue weighted by Gasteiger charge is -2.18. The monoisotopic (exact) mass is 226 g/mol. The van der Waals surface area contributed by atoms with Crippen LogP contribution in [0.5, 0.6) is 0 Å². The van der Waals surface area contributed by atoms with Gasteiger partial charge in [-0.1, -0.05) is 18.2 Å². The van der Waals surface area contributed by atoms with Crippen LogP contribution in [-0.2, 0) is 6.42 Å². The van der Waals surface area contributed by atoms with Gasteiger partial charge in [-0.15, -0.1) is 0 Å². The normalized spacial score (nSPS) is 13.8. The van der Waals surface area contributed by atoms with Crippen molar-refractivity contribution in [3.8, 4) is 0 Å². The van der Waals surface area contributed by atoms with E-state index in [1.807, 2.05) is 12.1 Å². The molecule has 0 bridgehead atoms. The second-order valence-electron chi connectivity index (χ2n) is 4.17. The third kappa shape index (κ3) is 1.58. The molecule has 17 heavy (non-hydrogen) atoms. The fourth-order valence-electron chi connectivity index (χ4n) is 2.20. The van der Waals surface area contributed by atoms with Crippen molar-refractivity contribution in [2.75, 3.05) is 22.9 Å². The summed E-state index contributed by atoms with van der Waals surface area (Å²) in [5.41, 5.74) is 14.5. The first-order chi connectivity index (χ1) is 8.25. The molecule has 0 saturated heterocycles. The Morgan fingerprint density at radius 1 is 1.06 bits per heavy atom. The predicted octanol–water partition coefficient (Wildman–Crippen LogP) is 1.94. The summed E-state index contributed by atoms with van der Waals surface area (Å²) in [7, 11) is 0. The lowest BCUT2D eigenvalue weighted by atomic mass is 10.2. The number of hydrogen-bond donors (Lipinski definition) is 2. The molecule has 0 atom stereocenters. The van der Waals surface area contributed by atoms with Gasteiger partial charge in [-0.2, -0.15) is 0 Å². The highest BCUT2D eigenvalue weighted by molar-refractivity contribution is 5.70. The van der Waals surface area contributed by atoms with E-state index in [0.29, 0.717) is 11.5 Å². The lowest BCUT2D eigenvalue weighted by molar-refractivity contribution is 0.976. The minimum atomic E-state index is 0.395. The van der Waals surface area contributed by atoms with E-state index >= 15 is 0 Å². The van der Waals surface area contributed by atoms with Gasteiger partial charge in [-0.3, -0.25) is 0 Å². The highest BCUT2D eigenvalue weighted by Crippen LogP contribution is 2.33. The number of para-hydroxylation sites is 1. The number of benzene rings is 1. The minimum absolute atomic E-state index is 0.395. The number of fused-ring (bicyclic) bond motifs is 1. The molecule has 0 radical (unpaired) electrons. The number of nitrogen functional groups attached to an aromatic ring is 2. The molecule has 0 fully saturated rings. The molecule has 3 rings (SSSR count). The van der Waals surface area contributed by atoms with Gasteiger partial charge in [0.2, 0.25) is 0 Å². The van der Waals surface area contributed by atoms with E-state index in [9.17, 15) is 0 Å². The predicted molar refractivity (Wildman–Crippen MR) is 70.2 cm³/mol. The first kappa shape index (κ1) is 9.96. The summed E-state index contributed by atoms with van der Waals surface area (Å²) in [6.45, 7) is 0.940. The number of pyridine rings is 1. The summed E-state index contributed by atoms with van der Waals surface area (Å²) >= 11 is 0.